The maximum Gasteiger partial charge on any atom is 0.414 e. The molecule has 1 unspecified atom stereocenters. The molecule has 2 N–H and O–H groups in total. The minimum atomic E-state index is -0.479. The van der Waals surface area contributed by atoms with Crippen LogP contribution in [-0.2, 0) is 15.9 Å². The van der Waals surface area contributed by atoms with Gasteiger partial charge in [-0.3, -0.25) is 14.7 Å². The Kier molecular flexibility index (Phi) is 6.64. The van der Waals surface area contributed by atoms with E-state index in [-0.39, 0.29) is 17.4 Å². The van der Waals surface area contributed by atoms with E-state index in [1.165, 1.54) is 4.90 Å². The maximum absolute atomic E-state index is 12.3. The predicted octanol–water partition coefficient (Wildman–Crippen LogP) is 3.31. The van der Waals surface area contributed by atoms with Crippen LogP contribution >= 0.6 is 11.3 Å². The molecule has 1 aliphatic rings. The van der Waals surface area contributed by atoms with Gasteiger partial charge in [-0.05, 0) is 48.9 Å². The number of esters is 1. The molecule has 1 aliphatic heterocycles. The van der Waals surface area contributed by atoms with Gasteiger partial charge >= 0.3 is 16.9 Å². The fourth-order valence-electron chi connectivity index (χ4n) is 3.36. The van der Waals surface area contributed by atoms with Crippen molar-refractivity contribution >= 4 is 29.1 Å². The molecule has 1 saturated heterocycles. The Labute approximate surface area is 193 Å². The van der Waals surface area contributed by atoms with Gasteiger partial charge in [0.2, 0.25) is 5.88 Å². The first-order valence-electron chi connectivity index (χ1n) is 10.3. The number of aromatic nitrogens is 1. The van der Waals surface area contributed by atoms with Crippen LogP contribution in [0.15, 0.2) is 53.3 Å². The summed E-state index contributed by atoms with van der Waals surface area (Å²) in [5, 5.41) is 9.70. The summed E-state index contributed by atoms with van der Waals surface area (Å²) in [4.78, 5) is 39.5. The number of rotatable bonds is 8. The first kappa shape index (κ1) is 22.4. The molecule has 1 fully saturated rings. The molecule has 4 rings (SSSR count). The predicted molar refractivity (Wildman–Crippen MR) is 121 cm³/mol. The van der Waals surface area contributed by atoms with Crippen molar-refractivity contribution in [3.63, 3.8) is 0 Å². The lowest BCUT2D eigenvalue weighted by Crippen LogP contribution is -2.26. The van der Waals surface area contributed by atoms with Gasteiger partial charge in [0.1, 0.15) is 12.4 Å². The molecule has 33 heavy (non-hydrogen) atoms. The summed E-state index contributed by atoms with van der Waals surface area (Å²) in [6.45, 7) is 2.54. The first-order chi connectivity index (χ1) is 15.9. The van der Waals surface area contributed by atoms with Crippen LogP contribution in [0.5, 0.6) is 11.6 Å². The molecule has 172 valence electrons. The molecule has 0 aliphatic carbocycles. The molecular formula is C23H22N2O7S. The molecular weight excluding hydrogens is 448 g/mol. The summed E-state index contributed by atoms with van der Waals surface area (Å²) >= 11 is 0.975. The number of hydrogen-bond acceptors (Lipinski definition) is 8. The van der Waals surface area contributed by atoms with E-state index in [1.807, 2.05) is 12.1 Å². The van der Waals surface area contributed by atoms with Gasteiger partial charge in [-0.1, -0.05) is 23.5 Å². The Balaban J connectivity index is 1.30. The molecule has 1 atom stereocenters. The van der Waals surface area contributed by atoms with Crippen LogP contribution in [-0.4, -0.2) is 48.0 Å². The monoisotopic (exact) mass is 470 g/mol. The number of thiazole rings is 1. The second kappa shape index (κ2) is 9.78. The zero-order chi connectivity index (χ0) is 23.4. The van der Waals surface area contributed by atoms with Crippen molar-refractivity contribution in [1.29, 1.82) is 0 Å². The zero-order valence-corrected chi connectivity index (χ0v) is 18.6. The molecule has 9 nitrogen and oxygen atoms in total. The van der Waals surface area contributed by atoms with Gasteiger partial charge in [0, 0.05) is 12.1 Å². The number of cyclic esters (lactones) is 1. The Morgan fingerprint density at radius 1 is 1.18 bits per heavy atom. The molecule has 3 aromatic rings. The van der Waals surface area contributed by atoms with Crippen molar-refractivity contribution in [2.24, 2.45) is 0 Å². The summed E-state index contributed by atoms with van der Waals surface area (Å²) < 4.78 is 16.1. The zero-order valence-electron chi connectivity index (χ0n) is 17.8. The highest BCUT2D eigenvalue weighted by Crippen LogP contribution is 2.24. The number of amides is 1. The lowest BCUT2D eigenvalue weighted by Gasteiger charge is -2.14. The van der Waals surface area contributed by atoms with Crippen LogP contribution in [0.3, 0.4) is 0 Å². The minimum Gasteiger partial charge on any atom is -0.494 e. The smallest absolute Gasteiger partial charge is 0.414 e. The van der Waals surface area contributed by atoms with Gasteiger partial charge in [-0.2, -0.15) is 0 Å². The van der Waals surface area contributed by atoms with E-state index in [4.69, 9.17) is 14.2 Å². The van der Waals surface area contributed by atoms with E-state index in [1.54, 1.807) is 43.3 Å². The summed E-state index contributed by atoms with van der Waals surface area (Å²) in [7, 11) is 0. The molecule has 1 amide bonds. The molecule has 0 spiro atoms. The Hall–Kier alpha value is -3.79. The van der Waals surface area contributed by atoms with E-state index in [0.717, 1.165) is 16.9 Å². The van der Waals surface area contributed by atoms with Crippen LogP contribution in [0.1, 0.15) is 27.7 Å². The van der Waals surface area contributed by atoms with Crippen LogP contribution in [0.4, 0.5) is 10.5 Å². The summed E-state index contributed by atoms with van der Waals surface area (Å²) in [5.41, 5.74) is 1.95. The van der Waals surface area contributed by atoms with Crippen molar-refractivity contribution in [2.75, 3.05) is 24.7 Å². The van der Waals surface area contributed by atoms with Gasteiger partial charge in [0.05, 0.1) is 23.6 Å². The fourth-order valence-corrected chi connectivity index (χ4v) is 4.12. The molecule has 1 aromatic heterocycles. The van der Waals surface area contributed by atoms with Gasteiger partial charge in [0.25, 0.3) is 0 Å². The third kappa shape index (κ3) is 5.35. The van der Waals surface area contributed by atoms with Gasteiger partial charge in [-0.25, -0.2) is 9.59 Å². The van der Waals surface area contributed by atoms with Gasteiger partial charge in [-0.15, -0.1) is 0 Å². The topological polar surface area (TPSA) is 118 Å². The van der Waals surface area contributed by atoms with Crippen LogP contribution < -0.4 is 14.5 Å². The number of carbonyl (C=O) groups excluding carboxylic acids is 2. The third-order valence-electron chi connectivity index (χ3n) is 4.99. The Bertz CT molecular complexity index is 1180. The first-order valence-corrected chi connectivity index (χ1v) is 11.1. The fraction of sp³-hybridized carbons (Fsp3) is 0.261. The maximum atomic E-state index is 12.3. The summed E-state index contributed by atoms with van der Waals surface area (Å²) in [6.07, 6.45) is -0.497. The highest BCUT2D eigenvalue weighted by atomic mass is 32.1. The normalized spacial score (nSPS) is 15.4. The quantitative estimate of drug-likeness (QED) is 0.485. The van der Waals surface area contributed by atoms with Crippen molar-refractivity contribution < 1.29 is 28.9 Å². The number of hydrogen-bond donors (Lipinski definition) is 2. The second-order valence-electron chi connectivity index (χ2n) is 7.30. The van der Waals surface area contributed by atoms with E-state index < -0.39 is 18.2 Å². The molecule has 0 saturated carbocycles. The summed E-state index contributed by atoms with van der Waals surface area (Å²) in [6, 6.07) is 13.8. The average Bonchev–Trinajstić information content (AvgIpc) is 3.34. The van der Waals surface area contributed by atoms with E-state index >= 15 is 0 Å². The SMILES string of the molecule is CCOC(=O)c1ccc(N2CC(COc3ccc(Cc4sc(=O)[nH]c4O)cc3)OC2=O)cc1. The largest absolute Gasteiger partial charge is 0.494 e. The molecule has 10 heteroatoms. The summed E-state index contributed by atoms with van der Waals surface area (Å²) in [5.74, 6) is 0.0954. The van der Waals surface area contributed by atoms with Gasteiger partial charge < -0.3 is 19.3 Å². The van der Waals surface area contributed by atoms with Crippen molar-refractivity contribution in [3.05, 3.63) is 74.2 Å². The van der Waals surface area contributed by atoms with Crippen LogP contribution in [0.2, 0.25) is 0 Å². The number of benzene rings is 2. The van der Waals surface area contributed by atoms with Crippen LogP contribution in [0.25, 0.3) is 0 Å². The van der Waals surface area contributed by atoms with Crippen molar-refractivity contribution in [1.82, 2.24) is 4.98 Å². The van der Waals surface area contributed by atoms with Crippen LogP contribution in [0, 0.1) is 0 Å². The number of ether oxygens (including phenoxy) is 3. The highest BCUT2D eigenvalue weighted by molar-refractivity contribution is 7.09. The molecule has 2 heterocycles. The lowest BCUT2D eigenvalue weighted by molar-refractivity contribution is 0.0526. The number of nitrogens with one attached hydrogen (secondary N) is 1. The highest BCUT2D eigenvalue weighted by Gasteiger charge is 2.33. The molecule has 2 aromatic carbocycles. The number of H-pyrrole nitrogens is 1. The average molecular weight is 471 g/mol. The van der Waals surface area contributed by atoms with Gasteiger partial charge in [0.15, 0.2) is 6.10 Å². The molecule has 0 bridgehead atoms. The number of anilines is 1. The Morgan fingerprint density at radius 3 is 2.55 bits per heavy atom. The number of nitrogens with zero attached hydrogens (tertiary/aromatic N) is 1. The standard InChI is InChI=1S/C23H22N2O7S/c1-2-30-21(27)15-5-7-16(8-6-15)25-12-18(32-23(25)29)13-31-17-9-3-14(4-10-17)11-19-20(26)24-22(28)33-19/h3-10,18,26H,2,11-13H2,1H3,(H,24,28). The number of carbonyl (C=O) groups is 2. The number of aromatic hydroxyl groups is 1. The lowest BCUT2D eigenvalue weighted by atomic mass is 10.1. The van der Waals surface area contributed by atoms with Crippen molar-refractivity contribution in [2.45, 2.75) is 19.4 Å². The van der Waals surface area contributed by atoms with E-state index in [0.29, 0.717) is 41.4 Å². The number of aromatic amines is 1. The van der Waals surface area contributed by atoms with E-state index in [2.05, 4.69) is 4.98 Å². The van der Waals surface area contributed by atoms with Crippen molar-refractivity contribution in [3.8, 4) is 11.6 Å². The second-order valence-corrected chi connectivity index (χ2v) is 8.37. The van der Waals surface area contributed by atoms with E-state index in [9.17, 15) is 19.5 Å². The minimum absolute atomic E-state index is 0.103. The molecule has 0 radical (unpaired) electrons. The Morgan fingerprint density at radius 2 is 1.91 bits per heavy atom. The third-order valence-corrected chi connectivity index (χ3v) is 5.86.